The molecule has 1 aliphatic rings. The molecule has 0 N–H and O–H groups in total. The van der Waals surface area contributed by atoms with E-state index in [0.717, 1.165) is 11.3 Å². The van der Waals surface area contributed by atoms with Crippen molar-refractivity contribution in [2.75, 3.05) is 13.1 Å². The smallest absolute Gasteiger partial charge is 0.324 e. The fourth-order valence-corrected chi connectivity index (χ4v) is 2.44. The van der Waals surface area contributed by atoms with Gasteiger partial charge in [-0.05, 0) is 6.07 Å². The van der Waals surface area contributed by atoms with Crippen LogP contribution in [0.3, 0.4) is 0 Å². The number of carbonyl (C=O) groups is 2. The van der Waals surface area contributed by atoms with Crippen molar-refractivity contribution in [2.24, 2.45) is 0 Å². The standard InChI is InChI=1S/C10H10N2O4S/c13-7-3-5-11(6-4-7)10(14)8-1-2-9(17-8)12(15)16/h1-2H,3-6H2. The second-order valence-corrected chi connectivity index (χ2v) is 4.79. The van der Waals surface area contributed by atoms with Gasteiger partial charge in [-0.15, -0.1) is 0 Å². The van der Waals surface area contributed by atoms with Gasteiger partial charge in [0.1, 0.15) is 5.78 Å². The van der Waals surface area contributed by atoms with E-state index in [1.54, 1.807) is 4.90 Å². The lowest BCUT2D eigenvalue weighted by molar-refractivity contribution is -0.380. The molecule has 0 atom stereocenters. The molecule has 1 aliphatic heterocycles. The summed E-state index contributed by atoms with van der Waals surface area (Å²) in [5.41, 5.74) is 0. The second kappa shape index (κ2) is 4.62. The van der Waals surface area contributed by atoms with Crippen molar-refractivity contribution in [3.05, 3.63) is 27.1 Å². The van der Waals surface area contributed by atoms with Crippen LogP contribution in [-0.4, -0.2) is 34.6 Å². The molecule has 2 rings (SSSR count). The van der Waals surface area contributed by atoms with Gasteiger partial charge in [0.25, 0.3) is 5.91 Å². The first-order valence-electron chi connectivity index (χ1n) is 5.13. The van der Waals surface area contributed by atoms with Crippen LogP contribution in [0.1, 0.15) is 22.5 Å². The first-order valence-corrected chi connectivity index (χ1v) is 5.95. The average molecular weight is 254 g/mol. The maximum Gasteiger partial charge on any atom is 0.324 e. The second-order valence-electron chi connectivity index (χ2n) is 3.73. The molecule has 0 unspecified atom stereocenters. The van der Waals surface area contributed by atoms with Gasteiger partial charge in [-0.25, -0.2) is 0 Å². The van der Waals surface area contributed by atoms with E-state index in [1.165, 1.54) is 12.1 Å². The van der Waals surface area contributed by atoms with Gasteiger partial charge in [0.2, 0.25) is 0 Å². The monoisotopic (exact) mass is 254 g/mol. The molecule has 1 saturated heterocycles. The zero-order chi connectivity index (χ0) is 12.4. The molecule has 1 aromatic rings. The highest BCUT2D eigenvalue weighted by Gasteiger charge is 2.24. The van der Waals surface area contributed by atoms with E-state index in [9.17, 15) is 19.7 Å². The quantitative estimate of drug-likeness (QED) is 0.591. The number of ketones is 1. The lowest BCUT2D eigenvalue weighted by Crippen LogP contribution is -2.38. The largest absolute Gasteiger partial charge is 0.337 e. The number of Topliss-reactive ketones (excluding diaryl/α,β-unsaturated/α-hetero) is 1. The Bertz CT molecular complexity index is 472. The Morgan fingerprint density at radius 2 is 2.00 bits per heavy atom. The number of thiophene rings is 1. The molecular weight excluding hydrogens is 244 g/mol. The summed E-state index contributed by atoms with van der Waals surface area (Å²) in [7, 11) is 0. The van der Waals surface area contributed by atoms with E-state index < -0.39 is 4.92 Å². The van der Waals surface area contributed by atoms with Gasteiger partial charge in [0, 0.05) is 32.0 Å². The Balaban J connectivity index is 2.08. The van der Waals surface area contributed by atoms with Gasteiger partial charge >= 0.3 is 5.00 Å². The minimum absolute atomic E-state index is 0.0403. The van der Waals surface area contributed by atoms with E-state index in [-0.39, 0.29) is 16.7 Å². The number of amides is 1. The van der Waals surface area contributed by atoms with Gasteiger partial charge in [-0.3, -0.25) is 19.7 Å². The molecule has 1 fully saturated rings. The number of piperidine rings is 1. The molecule has 0 aromatic carbocycles. The topological polar surface area (TPSA) is 80.5 Å². The third-order valence-electron chi connectivity index (χ3n) is 2.59. The fourth-order valence-electron chi connectivity index (χ4n) is 1.66. The van der Waals surface area contributed by atoms with Crippen LogP contribution in [0.5, 0.6) is 0 Å². The predicted molar refractivity (Wildman–Crippen MR) is 61.1 cm³/mol. The number of likely N-dealkylation sites (tertiary alicyclic amines) is 1. The number of hydrogen-bond donors (Lipinski definition) is 0. The van der Waals surface area contributed by atoms with Crippen LogP contribution in [-0.2, 0) is 4.79 Å². The summed E-state index contributed by atoms with van der Waals surface area (Å²) in [6.45, 7) is 0.812. The lowest BCUT2D eigenvalue weighted by atomic mass is 10.1. The van der Waals surface area contributed by atoms with Crippen LogP contribution in [0.25, 0.3) is 0 Å². The van der Waals surface area contributed by atoms with Crippen LogP contribution in [0.4, 0.5) is 5.00 Å². The average Bonchev–Trinajstić information content (AvgIpc) is 2.78. The molecule has 90 valence electrons. The lowest BCUT2D eigenvalue weighted by Gasteiger charge is -2.25. The minimum Gasteiger partial charge on any atom is -0.337 e. The fraction of sp³-hybridized carbons (Fsp3) is 0.400. The van der Waals surface area contributed by atoms with Gasteiger partial charge in [0.15, 0.2) is 0 Å². The first kappa shape index (κ1) is 11.7. The van der Waals surface area contributed by atoms with Gasteiger partial charge in [-0.1, -0.05) is 11.3 Å². The summed E-state index contributed by atoms with van der Waals surface area (Å²) in [5.74, 6) is -0.0678. The normalized spacial score (nSPS) is 16.0. The van der Waals surface area contributed by atoms with Crippen molar-refractivity contribution in [1.29, 1.82) is 0 Å². The van der Waals surface area contributed by atoms with E-state index in [0.29, 0.717) is 30.8 Å². The summed E-state index contributed by atoms with van der Waals surface area (Å²) >= 11 is 0.868. The maximum absolute atomic E-state index is 11.9. The molecule has 1 amide bonds. The summed E-state index contributed by atoms with van der Waals surface area (Å²) in [6.07, 6.45) is 0.748. The highest BCUT2D eigenvalue weighted by atomic mass is 32.1. The Morgan fingerprint density at radius 1 is 1.35 bits per heavy atom. The van der Waals surface area contributed by atoms with E-state index >= 15 is 0 Å². The number of nitro groups is 1. The van der Waals surface area contributed by atoms with E-state index in [2.05, 4.69) is 0 Å². The van der Waals surface area contributed by atoms with Crippen molar-refractivity contribution in [1.82, 2.24) is 4.90 Å². The molecule has 17 heavy (non-hydrogen) atoms. The van der Waals surface area contributed by atoms with Crippen LogP contribution >= 0.6 is 11.3 Å². The zero-order valence-electron chi connectivity index (χ0n) is 8.92. The molecule has 1 aromatic heterocycles. The van der Waals surface area contributed by atoms with Gasteiger partial charge < -0.3 is 4.90 Å². The Kier molecular flexibility index (Phi) is 3.19. The van der Waals surface area contributed by atoms with Crippen molar-refractivity contribution < 1.29 is 14.5 Å². The summed E-state index contributed by atoms with van der Waals surface area (Å²) < 4.78 is 0. The summed E-state index contributed by atoms with van der Waals surface area (Å²) in [4.78, 5) is 34.9. The first-order chi connectivity index (χ1) is 8.08. The SMILES string of the molecule is O=C1CCN(C(=O)c2ccc([N+](=O)[O-])s2)CC1. The third kappa shape index (κ3) is 2.50. The molecule has 6 nitrogen and oxygen atoms in total. The number of carbonyl (C=O) groups excluding carboxylic acids is 2. The molecular formula is C10H10N2O4S. The Labute approximate surface area is 101 Å². The summed E-state index contributed by atoms with van der Waals surface area (Å²) in [5, 5.41) is 10.5. The van der Waals surface area contributed by atoms with Crippen molar-refractivity contribution in [2.45, 2.75) is 12.8 Å². The van der Waals surface area contributed by atoms with Gasteiger partial charge in [-0.2, -0.15) is 0 Å². The highest BCUT2D eigenvalue weighted by molar-refractivity contribution is 7.17. The van der Waals surface area contributed by atoms with E-state index in [1.807, 2.05) is 0 Å². The van der Waals surface area contributed by atoms with Crippen LogP contribution in [0.2, 0.25) is 0 Å². The van der Waals surface area contributed by atoms with Crippen molar-refractivity contribution in [3.63, 3.8) is 0 Å². The Hall–Kier alpha value is -1.76. The maximum atomic E-state index is 11.9. The van der Waals surface area contributed by atoms with E-state index in [4.69, 9.17) is 0 Å². The molecule has 7 heteroatoms. The molecule has 0 radical (unpaired) electrons. The van der Waals surface area contributed by atoms with Gasteiger partial charge in [0.05, 0.1) is 9.80 Å². The minimum atomic E-state index is -0.513. The molecule has 2 heterocycles. The van der Waals surface area contributed by atoms with Crippen molar-refractivity contribution in [3.8, 4) is 0 Å². The molecule has 0 spiro atoms. The molecule has 0 saturated carbocycles. The molecule has 0 bridgehead atoms. The third-order valence-corrected chi connectivity index (χ3v) is 3.62. The van der Waals surface area contributed by atoms with Crippen LogP contribution < -0.4 is 0 Å². The number of rotatable bonds is 2. The zero-order valence-corrected chi connectivity index (χ0v) is 9.74. The predicted octanol–water partition coefficient (Wildman–Crippen LogP) is 1.46. The molecule has 0 aliphatic carbocycles. The summed E-state index contributed by atoms with van der Waals surface area (Å²) in [6, 6.07) is 2.79. The number of hydrogen-bond acceptors (Lipinski definition) is 5. The number of nitrogens with zero attached hydrogens (tertiary/aromatic N) is 2. The van der Waals surface area contributed by atoms with Crippen LogP contribution in [0.15, 0.2) is 12.1 Å². The Morgan fingerprint density at radius 3 is 2.53 bits per heavy atom. The van der Waals surface area contributed by atoms with Crippen molar-refractivity contribution >= 4 is 28.0 Å². The van der Waals surface area contributed by atoms with Crippen LogP contribution in [0, 0.1) is 10.1 Å². The highest BCUT2D eigenvalue weighted by Crippen LogP contribution is 2.25.